The summed E-state index contributed by atoms with van der Waals surface area (Å²) in [4.78, 5) is 22.7. The van der Waals surface area contributed by atoms with Crippen molar-refractivity contribution in [2.75, 3.05) is 6.54 Å². The van der Waals surface area contributed by atoms with Gasteiger partial charge >= 0.3 is 12.0 Å². The van der Waals surface area contributed by atoms with E-state index in [9.17, 15) is 9.59 Å². The van der Waals surface area contributed by atoms with Gasteiger partial charge in [0.25, 0.3) is 0 Å². The third kappa shape index (κ3) is 6.45. The van der Waals surface area contributed by atoms with Gasteiger partial charge in [0.05, 0.1) is 5.92 Å². The molecule has 0 aromatic rings. The maximum Gasteiger partial charge on any atom is 0.315 e. The van der Waals surface area contributed by atoms with Crippen molar-refractivity contribution < 1.29 is 14.7 Å². The van der Waals surface area contributed by atoms with E-state index in [4.69, 9.17) is 5.11 Å². The topological polar surface area (TPSA) is 78.4 Å². The molecule has 0 rings (SSSR count). The number of hydrogen-bond donors (Lipinski definition) is 3. The van der Waals surface area contributed by atoms with Crippen molar-refractivity contribution in [3.8, 4) is 0 Å². The predicted octanol–water partition coefficient (Wildman–Crippen LogP) is 2.47. The van der Waals surface area contributed by atoms with Crippen LogP contribution in [-0.2, 0) is 4.79 Å². The Bertz CT molecular complexity index is 288. The van der Waals surface area contributed by atoms with Crippen molar-refractivity contribution in [1.29, 1.82) is 0 Å². The van der Waals surface area contributed by atoms with E-state index >= 15 is 0 Å². The highest BCUT2D eigenvalue weighted by Gasteiger charge is 2.22. The molecule has 0 aromatic carbocycles. The Labute approximate surface area is 116 Å². The first-order valence-corrected chi connectivity index (χ1v) is 7.10. The van der Waals surface area contributed by atoms with Gasteiger partial charge in [-0.25, -0.2) is 4.79 Å². The van der Waals surface area contributed by atoms with E-state index < -0.39 is 11.9 Å². The molecule has 0 saturated heterocycles. The molecule has 2 amide bonds. The van der Waals surface area contributed by atoms with Crippen LogP contribution < -0.4 is 10.6 Å². The minimum absolute atomic E-state index is 0.00532. The number of amides is 2. The van der Waals surface area contributed by atoms with Crippen LogP contribution in [0.5, 0.6) is 0 Å². The van der Waals surface area contributed by atoms with Gasteiger partial charge in [0.1, 0.15) is 0 Å². The summed E-state index contributed by atoms with van der Waals surface area (Å²) in [6.07, 6.45) is 2.03. The predicted molar refractivity (Wildman–Crippen MR) is 76.0 cm³/mol. The summed E-state index contributed by atoms with van der Waals surface area (Å²) in [6, 6.07) is -0.191. The fourth-order valence-electron chi connectivity index (χ4n) is 2.18. The summed E-state index contributed by atoms with van der Waals surface area (Å²) in [5, 5.41) is 14.6. The molecule has 0 radical (unpaired) electrons. The molecular formula is C14H28N2O3. The molecule has 0 spiro atoms. The van der Waals surface area contributed by atoms with Crippen LogP contribution in [0, 0.1) is 17.8 Å². The standard InChI is InChI=1S/C14H28N2O3/c1-6-11(7-2)10(5)16-14(19)15-8-12(9(3)4)13(17)18/h9-12H,6-8H2,1-5H3,(H,17,18)(H2,15,16,19). The van der Waals surface area contributed by atoms with Crippen LogP contribution in [0.3, 0.4) is 0 Å². The fourth-order valence-corrected chi connectivity index (χ4v) is 2.18. The molecule has 0 aromatic heterocycles. The monoisotopic (exact) mass is 272 g/mol. The molecule has 0 bridgehead atoms. The minimum atomic E-state index is -0.872. The van der Waals surface area contributed by atoms with E-state index in [1.54, 1.807) is 0 Å². The van der Waals surface area contributed by atoms with Gasteiger partial charge in [0.2, 0.25) is 0 Å². The maximum atomic E-state index is 11.7. The van der Waals surface area contributed by atoms with Gasteiger partial charge in [-0.3, -0.25) is 4.79 Å². The second-order valence-corrected chi connectivity index (χ2v) is 5.41. The number of nitrogens with one attached hydrogen (secondary N) is 2. The minimum Gasteiger partial charge on any atom is -0.481 e. The molecule has 0 heterocycles. The van der Waals surface area contributed by atoms with Crippen LogP contribution in [0.25, 0.3) is 0 Å². The molecule has 0 aliphatic heterocycles. The molecule has 19 heavy (non-hydrogen) atoms. The first-order chi connectivity index (χ1) is 8.83. The van der Waals surface area contributed by atoms with Gasteiger partial charge in [-0.15, -0.1) is 0 Å². The van der Waals surface area contributed by atoms with Crippen molar-refractivity contribution in [2.45, 2.75) is 53.5 Å². The van der Waals surface area contributed by atoms with Gasteiger partial charge in [0, 0.05) is 12.6 Å². The van der Waals surface area contributed by atoms with E-state index in [0.717, 1.165) is 12.8 Å². The molecular weight excluding hydrogens is 244 g/mol. The van der Waals surface area contributed by atoms with E-state index in [0.29, 0.717) is 5.92 Å². The van der Waals surface area contributed by atoms with Gasteiger partial charge in [0.15, 0.2) is 0 Å². The van der Waals surface area contributed by atoms with E-state index in [2.05, 4.69) is 24.5 Å². The number of carbonyl (C=O) groups is 2. The first kappa shape index (κ1) is 17.7. The molecule has 5 nitrogen and oxygen atoms in total. The number of aliphatic carboxylic acids is 1. The highest BCUT2D eigenvalue weighted by atomic mass is 16.4. The summed E-state index contributed by atoms with van der Waals surface area (Å²) >= 11 is 0. The van der Waals surface area contributed by atoms with Crippen molar-refractivity contribution in [2.24, 2.45) is 17.8 Å². The molecule has 0 aliphatic carbocycles. The van der Waals surface area contributed by atoms with E-state index in [1.807, 2.05) is 20.8 Å². The lowest BCUT2D eigenvalue weighted by molar-refractivity contribution is -0.142. The summed E-state index contributed by atoms with van der Waals surface area (Å²) in [5.41, 5.74) is 0. The van der Waals surface area contributed by atoms with Crippen molar-refractivity contribution in [3.05, 3.63) is 0 Å². The molecule has 5 heteroatoms. The fraction of sp³-hybridized carbons (Fsp3) is 0.857. The quantitative estimate of drug-likeness (QED) is 0.635. The Kier molecular flexibility index (Phi) is 8.19. The molecule has 0 saturated carbocycles. The highest BCUT2D eigenvalue weighted by Crippen LogP contribution is 2.12. The summed E-state index contributed by atoms with van der Waals surface area (Å²) in [7, 11) is 0. The number of carboxylic acid groups (broad SMARTS) is 1. The summed E-state index contributed by atoms with van der Waals surface area (Å²) in [5.74, 6) is -0.974. The van der Waals surface area contributed by atoms with Crippen LogP contribution in [0.2, 0.25) is 0 Å². The second kappa shape index (κ2) is 8.77. The van der Waals surface area contributed by atoms with Crippen molar-refractivity contribution in [3.63, 3.8) is 0 Å². The lowest BCUT2D eigenvalue weighted by Gasteiger charge is -2.23. The zero-order valence-corrected chi connectivity index (χ0v) is 12.7. The number of rotatable bonds is 8. The second-order valence-electron chi connectivity index (χ2n) is 5.41. The van der Waals surface area contributed by atoms with Crippen LogP contribution in [0.1, 0.15) is 47.5 Å². The first-order valence-electron chi connectivity index (χ1n) is 7.10. The summed E-state index contributed by atoms with van der Waals surface area (Å²) < 4.78 is 0. The molecule has 112 valence electrons. The number of urea groups is 1. The van der Waals surface area contributed by atoms with Crippen LogP contribution in [-0.4, -0.2) is 29.7 Å². The Morgan fingerprint density at radius 1 is 1.11 bits per heavy atom. The zero-order chi connectivity index (χ0) is 15.0. The Hall–Kier alpha value is -1.26. The van der Waals surface area contributed by atoms with Gasteiger partial charge in [-0.05, 0) is 18.8 Å². The maximum absolute atomic E-state index is 11.7. The van der Waals surface area contributed by atoms with Crippen molar-refractivity contribution in [1.82, 2.24) is 10.6 Å². The molecule has 2 unspecified atom stereocenters. The van der Waals surface area contributed by atoms with Crippen molar-refractivity contribution >= 4 is 12.0 Å². The average Bonchev–Trinajstić information content (AvgIpc) is 2.29. The highest BCUT2D eigenvalue weighted by molar-refractivity contribution is 5.76. The van der Waals surface area contributed by atoms with Crippen LogP contribution in [0.4, 0.5) is 4.79 Å². The lowest BCUT2D eigenvalue weighted by atomic mass is 9.95. The van der Waals surface area contributed by atoms with Gasteiger partial charge in [-0.2, -0.15) is 0 Å². The average molecular weight is 272 g/mol. The number of hydrogen-bond acceptors (Lipinski definition) is 2. The lowest BCUT2D eigenvalue weighted by Crippen LogP contribution is -2.46. The van der Waals surface area contributed by atoms with Crippen LogP contribution >= 0.6 is 0 Å². The third-order valence-corrected chi connectivity index (χ3v) is 3.72. The largest absolute Gasteiger partial charge is 0.481 e. The smallest absolute Gasteiger partial charge is 0.315 e. The Morgan fingerprint density at radius 2 is 1.63 bits per heavy atom. The molecule has 0 aliphatic rings. The number of carboxylic acids is 1. The van der Waals surface area contributed by atoms with E-state index in [-0.39, 0.29) is 24.5 Å². The summed E-state index contributed by atoms with van der Waals surface area (Å²) in [6.45, 7) is 10.0. The molecule has 3 N–H and O–H groups in total. The third-order valence-electron chi connectivity index (χ3n) is 3.72. The molecule has 2 atom stereocenters. The SMILES string of the molecule is CCC(CC)C(C)NC(=O)NCC(C(=O)O)C(C)C. The van der Waals surface area contributed by atoms with Gasteiger partial charge < -0.3 is 15.7 Å². The normalized spacial score (nSPS) is 14.3. The number of carbonyl (C=O) groups excluding carboxylic acids is 1. The Balaban J connectivity index is 4.21. The molecule has 0 fully saturated rings. The van der Waals surface area contributed by atoms with E-state index in [1.165, 1.54) is 0 Å². The zero-order valence-electron chi connectivity index (χ0n) is 12.7. The van der Waals surface area contributed by atoms with Gasteiger partial charge in [-0.1, -0.05) is 40.5 Å². The Morgan fingerprint density at radius 3 is 2.00 bits per heavy atom. The van der Waals surface area contributed by atoms with Crippen LogP contribution in [0.15, 0.2) is 0 Å².